The fourth-order valence-corrected chi connectivity index (χ4v) is 3.17. The minimum atomic E-state index is -0.506. The van der Waals surface area contributed by atoms with Crippen LogP contribution in [-0.4, -0.2) is 23.0 Å². The second kappa shape index (κ2) is 7.49. The van der Waals surface area contributed by atoms with E-state index in [4.69, 9.17) is 11.6 Å². The van der Waals surface area contributed by atoms with Crippen LogP contribution in [0.25, 0.3) is 0 Å². The van der Waals surface area contributed by atoms with Crippen molar-refractivity contribution in [2.24, 2.45) is 0 Å². The van der Waals surface area contributed by atoms with Gasteiger partial charge >= 0.3 is 0 Å². The summed E-state index contributed by atoms with van der Waals surface area (Å²) in [6.07, 6.45) is 4.94. The van der Waals surface area contributed by atoms with Crippen molar-refractivity contribution in [1.29, 1.82) is 0 Å². The van der Waals surface area contributed by atoms with Gasteiger partial charge < -0.3 is 10.2 Å². The molecule has 0 saturated carbocycles. The van der Waals surface area contributed by atoms with Crippen LogP contribution in [0.5, 0.6) is 0 Å². The van der Waals surface area contributed by atoms with E-state index in [2.05, 4.69) is 27.3 Å². The van der Waals surface area contributed by atoms with Crippen LogP contribution in [0.4, 0.5) is 17.2 Å². The maximum absolute atomic E-state index is 10.7. The number of halogens is 1. The lowest BCUT2D eigenvalue weighted by Crippen LogP contribution is -2.30. The van der Waals surface area contributed by atoms with Gasteiger partial charge in [-0.05, 0) is 30.9 Å². The number of anilines is 2. The number of nitrogens with zero attached hydrogens (tertiary/aromatic N) is 3. The summed E-state index contributed by atoms with van der Waals surface area (Å²) in [5.74, 6) is 0.454. The van der Waals surface area contributed by atoms with Crippen LogP contribution in [0, 0.1) is 10.1 Å². The van der Waals surface area contributed by atoms with Crippen molar-refractivity contribution in [1.82, 2.24) is 4.98 Å². The van der Waals surface area contributed by atoms with Crippen LogP contribution >= 0.6 is 11.6 Å². The van der Waals surface area contributed by atoms with E-state index in [1.54, 1.807) is 0 Å². The first kappa shape index (κ1) is 16.5. The zero-order valence-electron chi connectivity index (χ0n) is 13.2. The second-order valence-electron chi connectivity index (χ2n) is 5.81. The van der Waals surface area contributed by atoms with Crippen molar-refractivity contribution in [2.45, 2.75) is 25.8 Å². The van der Waals surface area contributed by atoms with E-state index in [9.17, 15) is 10.1 Å². The Hall–Kier alpha value is -2.34. The molecule has 0 atom stereocenters. The first-order chi connectivity index (χ1) is 11.6. The molecule has 24 heavy (non-hydrogen) atoms. The minimum absolute atomic E-state index is 0.112. The fourth-order valence-electron chi connectivity index (χ4n) is 2.94. The Morgan fingerprint density at radius 1 is 1.25 bits per heavy atom. The zero-order chi connectivity index (χ0) is 16.9. The van der Waals surface area contributed by atoms with Crippen molar-refractivity contribution < 1.29 is 4.92 Å². The van der Waals surface area contributed by atoms with Gasteiger partial charge in [0.2, 0.25) is 0 Å². The van der Waals surface area contributed by atoms with Crippen LogP contribution in [0.1, 0.15) is 24.8 Å². The van der Waals surface area contributed by atoms with Crippen molar-refractivity contribution in [3.05, 3.63) is 57.2 Å². The van der Waals surface area contributed by atoms with Gasteiger partial charge in [-0.25, -0.2) is 4.98 Å². The van der Waals surface area contributed by atoms with Gasteiger partial charge in [-0.15, -0.1) is 0 Å². The smallest absolute Gasteiger partial charge is 0.289 e. The number of piperidine rings is 1. The summed E-state index contributed by atoms with van der Waals surface area (Å²) in [5, 5.41) is 14.2. The summed E-state index contributed by atoms with van der Waals surface area (Å²) in [6.45, 7) is 2.72. The van der Waals surface area contributed by atoms with Crippen LogP contribution in [-0.2, 0) is 6.54 Å². The topological polar surface area (TPSA) is 71.3 Å². The van der Waals surface area contributed by atoms with Crippen molar-refractivity contribution in [3.8, 4) is 0 Å². The number of hydrogen-bond donors (Lipinski definition) is 1. The summed E-state index contributed by atoms with van der Waals surface area (Å²) >= 11 is 6.09. The summed E-state index contributed by atoms with van der Waals surface area (Å²) < 4.78 is 0. The number of para-hydroxylation sites is 1. The molecule has 2 heterocycles. The first-order valence-corrected chi connectivity index (χ1v) is 8.39. The molecule has 1 aliphatic rings. The Labute approximate surface area is 145 Å². The normalized spacial score (nSPS) is 14.5. The Kier molecular flexibility index (Phi) is 5.15. The quantitative estimate of drug-likeness (QED) is 0.647. The van der Waals surface area contributed by atoms with Crippen LogP contribution in [0.2, 0.25) is 5.02 Å². The maximum Gasteiger partial charge on any atom is 0.289 e. The molecule has 6 nitrogen and oxygen atoms in total. The molecule has 1 aromatic heterocycles. The molecule has 1 fully saturated rings. The lowest BCUT2D eigenvalue weighted by molar-refractivity contribution is -0.385. The van der Waals surface area contributed by atoms with Gasteiger partial charge in [0, 0.05) is 31.4 Å². The largest absolute Gasteiger partial charge is 0.371 e. The molecule has 2 aromatic rings. The fraction of sp³-hybridized carbons (Fsp3) is 0.353. The molecule has 1 saturated heterocycles. The van der Waals surface area contributed by atoms with E-state index in [1.807, 2.05) is 12.1 Å². The molecule has 1 aromatic carbocycles. The highest BCUT2D eigenvalue weighted by atomic mass is 35.5. The van der Waals surface area contributed by atoms with Gasteiger partial charge in [0.1, 0.15) is 12.0 Å². The molecule has 0 bridgehead atoms. The SMILES string of the molecule is O=[N+]([O-])c1cnc(NCc2ccccc2N2CCCCC2)c(Cl)c1. The number of nitrogens with one attached hydrogen (secondary N) is 1. The highest BCUT2D eigenvalue weighted by Gasteiger charge is 2.15. The highest BCUT2D eigenvalue weighted by molar-refractivity contribution is 6.33. The molecule has 7 heteroatoms. The molecule has 0 unspecified atom stereocenters. The van der Waals surface area contributed by atoms with Gasteiger partial charge in [0.15, 0.2) is 0 Å². The molecule has 1 N–H and O–H groups in total. The van der Waals surface area contributed by atoms with Crippen molar-refractivity contribution >= 4 is 28.8 Å². The number of pyridine rings is 1. The third kappa shape index (κ3) is 3.76. The van der Waals surface area contributed by atoms with Gasteiger partial charge in [-0.1, -0.05) is 29.8 Å². The number of nitro groups is 1. The van der Waals surface area contributed by atoms with Crippen LogP contribution in [0.15, 0.2) is 36.5 Å². The van der Waals surface area contributed by atoms with Crippen molar-refractivity contribution in [3.63, 3.8) is 0 Å². The standard InChI is InChI=1S/C17H19ClN4O2/c18-15-10-14(22(23)24)12-20-17(15)19-11-13-6-2-3-7-16(13)21-8-4-1-5-9-21/h2-3,6-7,10,12H,1,4-5,8-9,11H2,(H,19,20). The molecular formula is C17H19ClN4O2. The average molecular weight is 347 g/mol. The second-order valence-corrected chi connectivity index (χ2v) is 6.22. The maximum atomic E-state index is 10.7. The number of hydrogen-bond acceptors (Lipinski definition) is 5. The predicted octanol–water partition coefficient (Wildman–Crippen LogP) is 4.25. The van der Waals surface area contributed by atoms with E-state index < -0.39 is 4.92 Å². The van der Waals surface area contributed by atoms with Crippen LogP contribution < -0.4 is 10.2 Å². The Bertz CT molecular complexity index is 732. The van der Waals surface area contributed by atoms with Crippen LogP contribution in [0.3, 0.4) is 0 Å². The average Bonchev–Trinajstić information content (AvgIpc) is 2.61. The molecule has 0 amide bonds. The lowest BCUT2D eigenvalue weighted by Gasteiger charge is -2.30. The summed E-state index contributed by atoms with van der Waals surface area (Å²) in [5.41, 5.74) is 2.28. The van der Waals surface area contributed by atoms with E-state index in [0.29, 0.717) is 12.4 Å². The number of benzene rings is 1. The Morgan fingerprint density at radius 2 is 2.00 bits per heavy atom. The first-order valence-electron chi connectivity index (χ1n) is 8.02. The Morgan fingerprint density at radius 3 is 2.71 bits per heavy atom. The van der Waals surface area contributed by atoms with E-state index in [0.717, 1.165) is 18.7 Å². The molecule has 0 aliphatic carbocycles. The summed E-state index contributed by atoms with van der Waals surface area (Å²) in [7, 11) is 0. The highest BCUT2D eigenvalue weighted by Crippen LogP contribution is 2.27. The third-order valence-electron chi connectivity index (χ3n) is 4.17. The zero-order valence-corrected chi connectivity index (χ0v) is 14.0. The molecule has 126 valence electrons. The monoisotopic (exact) mass is 346 g/mol. The molecule has 0 spiro atoms. The van der Waals surface area contributed by atoms with Gasteiger partial charge in [-0.3, -0.25) is 10.1 Å². The van der Waals surface area contributed by atoms with Gasteiger partial charge in [0.25, 0.3) is 5.69 Å². The Balaban J connectivity index is 1.74. The lowest BCUT2D eigenvalue weighted by atomic mass is 10.1. The minimum Gasteiger partial charge on any atom is -0.371 e. The molecule has 0 radical (unpaired) electrons. The number of rotatable bonds is 5. The third-order valence-corrected chi connectivity index (χ3v) is 4.46. The molecular weight excluding hydrogens is 328 g/mol. The molecule has 1 aliphatic heterocycles. The number of aromatic nitrogens is 1. The molecule has 3 rings (SSSR count). The van der Waals surface area contributed by atoms with E-state index in [1.165, 1.54) is 37.2 Å². The van der Waals surface area contributed by atoms with Gasteiger partial charge in [0.05, 0.1) is 9.95 Å². The van der Waals surface area contributed by atoms with E-state index in [-0.39, 0.29) is 10.7 Å². The summed E-state index contributed by atoms with van der Waals surface area (Å²) in [4.78, 5) is 16.7. The van der Waals surface area contributed by atoms with Gasteiger partial charge in [-0.2, -0.15) is 0 Å². The predicted molar refractivity (Wildman–Crippen MR) is 95.7 cm³/mol. The van der Waals surface area contributed by atoms with E-state index >= 15 is 0 Å². The van der Waals surface area contributed by atoms with Crippen molar-refractivity contribution in [2.75, 3.05) is 23.3 Å². The summed E-state index contributed by atoms with van der Waals surface area (Å²) in [6, 6.07) is 9.58.